The van der Waals surface area contributed by atoms with Crippen LogP contribution in [0.15, 0.2) is 23.1 Å². The van der Waals surface area contributed by atoms with Gasteiger partial charge in [-0.2, -0.15) is 0 Å². The van der Waals surface area contributed by atoms with Crippen molar-refractivity contribution in [2.45, 2.75) is 18.2 Å². The number of hydrogen-bond acceptors (Lipinski definition) is 6. The quantitative estimate of drug-likeness (QED) is 0.524. The molecule has 0 saturated heterocycles. The highest BCUT2D eigenvalue weighted by molar-refractivity contribution is 7.90. The summed E-state index contributed by atoms with van der Waals surface area (Å²) in [5, 5.41) is 0. The van der Waals surface area contributed by atoms with Gasteiger partial charge in [0.1, 0.15) is 20.5 Å². The van der Waals surface area contributed by atoms with Crippen LogP contribution >= 0.6 is 0 Å². The number of ether oxygens (including phenoxy) is 1. The highest BCUT2D eigenvalue weighted by Gasteiger charge is 2.19. The van der Waals surface area contributed by atoms with Crippen molar-refractivity contribution in [2.75, 3.05) is 30.9 Å². The summed E-state index contributed by atoms with van der Waals surface area (Å²) in [6.07, 6.45) is 1.30. The number of anilines is 1. The summed E-state index contributed by atoms with van der Waals surface area (Å²) in [6, 6.07) is 4.35. The minimum absolute atomic E-state index is 0.0236. The lowest BCUT2D eigenvalue weighted by molar-refractivity contribution is 0.331. The summed E-state index contributed by atoms with van der Waals surface area (Å²) in [5.74, 6) is 0.132. The lowest BCUT2D eigenvalue weighted by atomic mass is 10.3. The van der Waals surface area contributed by atoms with E-state index in [1.54, 1.807) is 13.0 Å². The van der Waals surface area contributed by atoms with E-state index in [4.69, 9.17) is 10.5 Å². The van der Waals surface area contributed by atoms with E-state index in [2.05, 4.69) is 4.72 Å². The molecule has 0 bridgehead atoms. The molecule has 21 heavy (non-hydrogen) atoms. The molecule has 1 aromatic carbocycles. The average molecular weight is 336 g/mol. The molecule has 0 aliphatic rings. The fourth-order valence-electron chi connectivity index (χ4n) is 1.63. The summed E-state index contributed by atoms with van der Waals surface area (Å²) in [6.45, 7) is 2.09. The molecule has 1 aromatic rings. The van der Waals surface area contributed by atoms with Crippen molar-refractivity contribution in [3.05, 3.63) is 18.2 Å². The Morgan fingerprint density at radius 3 is 2.48 bits per heavy atom. The minimum Gasteiger partial charge on any atom is -0.492 e. The van der Waals surface area contributed by atoms with Crippen LogP contribution < -0.4 is 15.2 Å². The molecule has 3 N–H and O–H groups in total. The van der Waals surface area contributed by atoms with Crippen LogP contribution in [0.1, 0.15) is 13.3 Å². The van der Waals surface area contributed by atoms with Gasteiger partial charge in [0.15, 0.2) is 0 Å². The number of rotatable bonds is 8. The molecule has 0 amide bonds. The first-order valence-electron chi connectivity index (χ1n) is 6.35. The van der Waals surface area contributed by atoms with Crippen molar-refractivity contribution in [1.29, 1.82) is 0 Å². The van der Waals surface area contributed by atoms with Gasteiger partial charge in [0, 0.05) is 18.5 Å². The Morgan fingerprint density at radius 2 is 1.90 bits per heavy atom. The SMILES string of the molecule is CCOc1ccc(N)cc1S(=O)(=O)NCCCS(C)(=O)=O. The Labute approximate surface area is 125 Å². The molecule has 1 rings (SSSR count). The van der Waals surface area contributed by atoms with Crippen molar-refractivity contribution in [2.24, 2.45) is 0 Å². The van der Waals surface area contributed by atoms with Crippen LogP contribution in [0.4, 0.5) is 5.69 Å². The van der Waals surface area contributed by atoms with Gasteiger partial charge in [0.25, 0.3) is 0 Å². The van der Waals surface area contributed by atoms with E-state index in [0.717, 1.165) is 6.26 Å². The third-order valence-corrected chi connectivity index (χ3v) is 5.05. The fraction of sp³-hybridized carbons (Fsp3) is 0.500. The zero-order chi connectivity index (χ0) is 16.1. The molecule has 0 aliphatic carbocycles. The molecular weight excluding hydrogens is 316 g/mol. The van der Waals surface area contributed by atoms with Crippen LogP contribution in [0, 0.1) is 0 Å². The number of nitrogen functional groups attached to an aromatic ring is 1. The predicted octanol–water partition coefficient (Wildman–Crippen LogP) is 0.380. The Kier molecular flexibility index (Phi) is 5.99. The monoisotopic (exact) mass is 336 g/mol. The molecule has 7 nitrogen and oxygen atoms in total. The summed E-state index contributed by atoms with van der Waals surface area (Å²) in [4.78, 5) is -0.0521. The fourth-order valence-corrected chi connectivity index (χ4v) is 3.55. The molecule has 0 fully saturated rings. The van der Waals surface area contributed by atoms with Gasteiger partial charge in [-0.15, -0.1) is 0 Å². The molecule has 0 aliphatic heterocycles. The zero-order valence-corrected chi connectivity index (χ0v) is 13.6. The van der Waals surface area contributed by atoms with Crippen molar-refractivity contribution in [3.63, 3.8) is 0 Å². The molecule has 0 spiro atoms. The molecule has 9 heteroatoms. The van der Waals surface area contributed by atoms with Crippen LogP contribution in [0.5, 0.6) is 5.75 Å². The lowest BCUT2D eigenvalue weighted by Crippen LogP contribution is -2.26. The predicted molar refractivity (Wildman–Crippen MR) is 81.5 cm³/mol. The van der Waals surface area contributed by atoms with Gasteiger partial charge in [0.2, 0.25) is 10.0 Å². The van der Waals surface area contributed by atoms with Crippen molar-refractivity contribution in [1.82, 2.24) is 4.72 Å². The van der Waals surface area contributed by atoms with Gasteiger partial charge in [-0.3, -0.25) is 0 Å². The van der Waals surface area contributed by atoms with E-state index >= 15 is 0 Å². The number of nitrogens with two attached hydrogens (primary N) is 1. The number of nitrogens with one attached hydrogen (secondary N) is 1. The molecule has 0 radical (unpaired) electrons. The maximum atomic E-state index is 12.2. The van der Waals surface area contributed by atoms with E-state index in [1.807, 2.05) is 0 Å². The van der Waals surface area contributed by atoms with E-state index < -0.39 is 19.9 Å². The van der Waals surface area contributed by atoms with Crippen molar-refractivity contribution < 1.29 is 21.6 Å². The molecule has 0 aromatic heterocycles. The van der Waals surface area contributed by atoms with Crippen LogP contribution in [0.2, 0.25) is 0 Å². The van der Waals surface area contributed by atoms with E-state index in [1.165, 1.54) is 12.1 Å². The summed E-state index contributed by atoms with van der Waals surface area (Å²) >= 11 is 0. The van der Waals surface area contributed by atoms with Gasteiger partial charge in [-0.1, -0.05) is 0 Å². The molecule has 0 heterocycles. The molecule has 0 atom stereocenters. The second-order valence-electron chi connectivity index (χ2n) is 4.52. The molecule has 0 unspecified atom stereocenters. The summed E-state index contributed by atoms with van der Waals surface area (Å²) in [5.41, 5.74) is 5.91. The van der Waals surface area contributed by atoms with E-state index in [-0.39, 0.29) is 29.4 Å². The average Bonchev–Trinajstić information content (AvgIpc) is 2.36. The Morgan fingerprint density at radius 1 is 1.24 bits per heavy atom. The van der Waals surface area contributed by atoms with Crippen LogP contribution in [0.25, 0.3) is 0 Å². The highest BCUT2D eigenvalue weighted by atomic mass is 32.2. The Hall–Kier alpha value is -1.32. The standard InChI is InChI=1S/C12H20N2O5S2/c1-3-19-11-6-5-10(13)9-12(11)21(17,18)14-7-4-8-20(2,15)16/h5-6,9,14H,3-4,7-8,13H2,1-2H3. The smallest absolute Gasteiger partial charge is 0.244 e. The number of sulfonamides is 1. The first kappa shape index (κ1) is 17.7. The lowest BCUT2D eigenvalue weighted by Gasteiger charge is -2.12. The summed E-state index contributed by atoms with van der Waals surface area (Å²) in [7, 11) is -6.91. The Balaban J connectivity index is 2.85. The van der Waals surface area contributed by atoms with Crippen LogP contribution in [-0.2, 0) is 19.9 Å². The van der Waals surface area contributed by atoms with E-state index in [9.17, 15) is 16.8 Å². The number of sulfone groups is 1. The summed E-state index contributed by atoms with van der Waals surface area (Å²) < 4.78 is 54.0. The maximum Gasteiger partial charge on any atom is 0.244 e. The van der Waals surface area contributed by atoms with Gasteiger partial charge in [-0.05, 0) is 31.5 Å². The minimum atomic E-state index is -3.80. The third-order valence-electron chi connectivity index (χ3n) is 2.54. The van der Waals surface area contributed by atoms with Gasteiger partial charge in [0.05, 0.1) is 12.4 Å². The topological polar surface area (TPSA) is 116 Å². The number of hydrogen-bond donors (Lipinski definition) is 2. The van der Waals surface area contributed by atoms with Gasteiger partial charge in [-0.25, -0.2) is 21.6 Å². The second-order valence-corrected chi connectivity index (χ2v) is 8.52. The van der Waals surface area contributed by atoms with Crippen LogP contribution in [-0.4, -0.2) is 42.0 Å². The first-order chi connectivity index (χ1) is 9.65. The van der Waals surface area contributed by atoms with E-state index in [0.29, 0.717) is 12.3 Å². The highest BCUT2D eigenvalue weighted by Crippen LogP contribution is 2.26. The second kappa shape index (κ2) is 7.10. The molecule has 0 saturated carbocycles. The number of benzene rings is 1. The largest absolute Gasteiger partial charge is 0.492 e. The van der Waals surface area contributed by atoms with Crippen molar-refractivity contribution in [3.8, 4) is 5.75 Å². The van der Waals surface area contributed by atoms with Crippen molar-refractivity contribution >= 4 is 25.5 Å². The van der Waals surface area contributed by atoms with Gasteiger partial charge < -0.3 is 10.5 Å². The third kappa shape index (κ3) is 5.90. The molecular formula is C12H20N2O5S2. The Bertz CT molecular complexity index is 684. The normalized spacial score (nSPS) is 12.3. The zero-order valence-electron chi connectivity index (χ0n) is 12.0. The molecule has 120 valence electrons. The van der Waals surface area contributed by atoms with Gasteiger partial charge >= 0.3 is 0 Å². The maximum absolute atomic E-state index is 12.2. The van der Waals surface area contributed by atoms with Crippen LogP contribution in [0.3, 0.4) is 0 Å². The first-order valence-corrected chi connectivity index (χ1v) is 9.90.